The van der Waals surface area contributed by atoms with Crippen LogP contribution in [0.15, 0.2) is 35.1 Å². The molecule has 0 bridgehead atoms. The quantitative estimate of drug-likeness (QED) is 0.199. The Morgan fingerprint density at radius 3 is 2.59 bits per heavy atom. The van der Waals surface area contributed by atoms with Gasteiger partial charge in [0.1, 0.15) is 5.70 Å². The van der Waals surface area contributed by atoms with Gasteiger partial charge >= 0.3 is 5.97 Å². The summed E-state index contributed by atoms with van der Waals surface area (Å²) in [5, 5.41) is 3.22. The minimum atomic E-state index is -0.761. The van der Waals surface area contributed by atoms with E-state index in [1.165, 1.54) is 13.2 Å². The van der Waals surface area contributed by atoms with E-state index in [0.29, 0.717) is 17.4 Å². The van der Waals surface area contributed by atoms with Gasteiger partial charge in [-0.15, -0.1) is 0 Å². The molecule has 1 aromatic rings. The lowest BCUT2D eigenvalue weighted by Crippen LogP contribution is -2.02. The largest absolute Gasteiger partial charge is 0.466 e. The Morgan fingerprint density at radius 1 is 1.41 bits per heavy atom. The summed E-state index contributed by atoms with van der Waals surface area (Å²) >= 11 is 0. The molecule has 0 aliphatic carbocycles. The van der Waals surface area contributed by atoms with Crippen LogP contribution in [0, 0.1) is 0 Å². The second-order valence-electron chi connectivity index (χ2n) is 2.96. The van der Waals surface area contributed by atoms with Crippen LogP contribution in [-0.4, -0.2) is 19.4 Å². The molecule has 6 nitrogen and oxygen atoms in total. The van der Waals surface area contributed by atoms with Crippen molar-refractivity contribution in [3.63, 3.8) is 0 Å². The minimum Gasteiger partial charge on any atom is -0.466 e. The molecule has 0 atom stereocenters. The molecule has 0 aliphatic heterocycles. The highest BCUT2D eigenvalue weighted by Gasteiger charge is 2.08. The van der Waals surface area contributed by atoms with Gasteiger partial charge in [-0.25, -0.2) is 4.79 Å². The van der Waals surface area contributed by atoms with Crippen LogP contribution in [-0.2, 0) is 9.53 Å². The van der Waals surface area contributed by atoms with Gasteiger partial charge in [0.2, 0.25) is 0 Å². The van der Waals surface area contributed by atoms with E-state index < -0.39 is 5.97 Å². The molecular formula is C11H9N3O3. The average molecular weight is 231 g/mol. The molecule has 0 radical (unpaired) electrons. The third kappa shape index (κ3) is 3.19. The van der Waals surface area contributed by atoms with Gasteiger partial charge in [-0.1, -0.05) is 29.4 Å². The number of hydrogen-bond donors (Lipinski definition) is 0. The van der Waals surface area contributed by atoms with Crippen molar-refractivity contribution in [3.05, 3.63) is 51.5 Å². The Bertz CT molecular complexity index is 516. The molecule has 0 spiro atoms. The third-order valence-electron chi connectivity index (χ3n) is 1.96. The van der Waals surface area contributed by atoms with Gasteiger partial charge in [0.05, 0.1) is 7.11 Å². The van der Waals surface area contributed by atoms with Crippen molar-refractivity contribution in [2.24, 2.45) is 5.11 Å². The van der Waals surface area contributed by atoms with Crippen LogP contribution in [0.4, 0.5) is 0 Å². The standard InChI is InChI=1S/C11H9N3O3/c1-17-11(16)10(13-14-12)6-8-4-2-3-5-9(8)7-15/h2-7H,1H3. The summed E-state index contributed by atoms with van der Waals surface area (Å²) < 4.78 is 4.45. The number of azide groups is 1. The van der Waals surface area contributed by atoms with Crippen LogP contribution in [0.2, 0.25) is 0 Å². The third-order valence-corrected chi connectivity index (χ3v) is 1.96. The van der Waals surface area contributed by atoms with Crippen molar-refractivity contribution in [2.75, 3.05) is 7.11 Å². The summed E-state index contributed by atoms with van der Waals surface area (Å²) in [6.45, 7) is 0. The van der Waals surface area contributed by atoms with Crippen LogP contribution in [0.3, 0.4) is 0 Å². The highest BCUT2D eigenvalue weighted by molar-refractivity contribution is 5.95. The lowest BCUT2D eigenvalue weighted by atomic mass is 10.1. The van der Waals surface area contributed by atoms with E-state index in [0.717, 1.165) is 0 Å². The normalized spacial score (nSPS) is 10.3. The predicted molar refractivity (Wildman–Crippen MR) is 61.0 cm³/mol. The smallest absolute Gasteiger partial charge is 0.340 e. The number of benzene rings is 1. The lowest BCUT2D eigenvalue weighted by Gasteiger charge is -2.01. The number of hydrogen-bond acceptors (Lipinski definition) is 4. The Balaban J connectivity index is 3.25. The van der Waals surface area contributed by atoms with Crippen LogP contribution >= 0.6 is 0 Å². The van der Waals surface area contributed by atoms with Crippen molar-refractivity contribution in [1.29, 1.82) is 0 Å². The Labute approximate surface area is 97.1 Å². The topological polar surface area (TPSA) is 92.1 Å². The maximum atomic E-state index is 11.3. The van der Waals surface area contributed by atoms with Gasteiger partial charge in [0.25, 0.3) is 0 Å². The van der Waals surface area contributed by atoms with E-state index >= 15 is 0 Å². The zero-order valence-corrected chi connectivity index (χ0v) is 9.03. The number of carbonyl (C=O) groups excluding carboxylic acids is 2. The van der Waals surface area contributed by atoms with Crippen molar-refractivity contribution in [1.82, 2.24) is 0 Å². The van der Waals surface area contributed by atoms with Crippen molar-refractivity contribution in [3.8, 4) is 0 Å². The molecule has 6 heteroatoms. The molecule has 0 aliphatic rings. The highest BCUT2D eigenvalue weighted by atomic mass is 16.5. The van der Waals surface area contributed by atoms with E-state index in [1.54, 1.807) is 24.3 Å². The molecule has 17 heavy (non-hydrogen) atoms. The fraction of sp³-hybridized carbons (Fsp3) is 0.0909. The van der Waals surface area contributed by atoms with E-state index in [-0.39, 0.29) is 5.70 Å². The molecule has 1 rings (SSSR count). The van der Waals surface area contributed by atoms with Gasteiger partial charge in [-0.05, 0) is 17.2 Å². The Hall–Kier alpha value is -2.59. The van der Waals surface area contributed by atoms with E-state index in [4.69, 9.17) is 5.53 Å². The fourth-order valence-electron chi connectivity index (χ4n) is 1.18. The zero-order valence-electron chi connectivity index (χ0n) is 9.03. The first-order valence-corrected chi connectivity index (χ1v) is 4.62. The second-order valence-corrected chi connectivity index (χ2v) is 2.96. The summed E-state index contributed by atoms with van der Waals surface area (Å²) in [7, 11) is 1.18. The maximum Gasteiger partial charge on any atom is 0.340 e. The number of ether oxygens (including phenoxy) is 1. The molecule has 0 heterocycles. The number of nitrogens with zero attached hydrogens (tertiary/aromatic N) is 3. The monoisotopic (exact) mass is 231 g/mol. The zero-order chi connectivity index (χ0) is 12.7. The lowest BCUT2D eigenvalue weighted by molar-refractivity contribution is -0.136. The SMILES string of the molecule is COC(=O)C(=Cc1ccccc1C=O)N=[N+]=[N-]. The highest BCUT2D eigenvalue weighted by Crippen LogP contribution is 2.13. The molecule has 0 N–H and O–H groups in total. The van der Waals surface area contributed by atoms with Gasteiger partial charge in [0.15, 0.2) is 6.29 Å². The van der Waals surface area contributed by atoms with Gasteiger partial charge < -0.3 is 4.74 Å². The van der Waals surface area contributed by atoms with Crippen LogP contribution in [0.5, 0.6) is 0 Å². The molecule has 0 saturated carbocycles. The fourth-order valence-corrected chi connectivity index (χ4v) is 1.18. The predicted octanol–water partition coefficient (Wildman–Crippen LogP) is 2.32. The number of methoxy groups -OCH3 is 1. The van der Waals surface area contributed by atoms with Gasteiger partial charge in [0, 0.05) is 10.5 Å². The molecule has 0 unspecified atom stereocenters. The van der Waals surface area contributed by atoms with Crippen molar-refractivity contribution in [2.45, 2.75) is 0 Å². The minimum absolute atomic E-state index is 0.204. The first kappa shape index (κ1) is 12.5. The molecule has 0 amide bonds. The first-order chi connectivity index (χ1) is 8.22. The Morgan fingerprint density at radius 2 is 2.06 bits per heavy atom. The number of esters is 1. The van der Waals surface area contributed by atoms with Crippen LogP contribution in [0.1, 0.15) is 15.9 Å². The van der Waals surface area contributed by atoms with E-state index in [9.17, 15) is 9.59 Å². The summed E-state index contributed by atoms with van der Waals surface area (Å²) in [4.78, 5) is 24.5. The molecular weight excluding hydrogens is 222 g/mol. The molecule has 0 saturated heterocycles. The number of rotatable bonds is 4. The summed E-state index contributed by atoms with van der Waals surface area (Å²) in [5.41, 5.74) is 8.99. The summed E-state index contributed by atoms with van der Waals surface area (Å²) in [6, 6.07) is 6.60. The first-order valence-electron chi connectivity index (χ1n) is 4.62. The van der Waals surface area contributed by atoms with Gasteiger partial charge in [-0.3, -0.25) is 4.79 Å². The van der Waals surface area contributed by atoms with Crippen molar-refractivity contribution < 1.29 is 14.3 Å². The van der Waals surface area contributed by atoms with E-state index in [1.807, 2.05) is 0 Å². The second kappa shape index (κ2) is 6.09. The molecule has 0 fully saturated rings. The number of carbonyl (C=O) groups is 2. The summed E-state index contributed by atoms with van der Waals surface area (Å²) in [5.74, 6) is -0.761. The average Bonchev–Trinajstić information content (AvgIpc) is 2.38. The van der Waals surface area contributed by atoms with E-state index in [2.05, 4.69) is 14.8 Å². The molecule has 1 aromatic carbocycles. The molecule has 86 valence electrons. The Kier molecular flexibility index (Phi) is 4.47. The molecule has 0 aromatic heterocycles. The van der Waals surface area contributed by atoms with Crippen LogP contribution in [0.25, 0.3) is 16.5 Å². The van der Waals surface area contributed by atoms with Gasteiger partial charge in [-0.2, -0.15) is 0 Å². The van der Waals surface area contributed by atoms with Crippen LogP contribution < -0.4 is 0 Å². The van der Waals surface area contributed by atoms with Crippen molar-refractivity contribution >= 4 is 18.3 Å². The maximum absolute atomic E-state index is 11.3. The number of aldehydes is 1. The summed E-state index contributed by atoms with van der Waals surface area (Å²) in [6.07, 6.45) is 1.95.